The molecule has 0 aliphatic rings. The molecule has 60 valence electrons. The number of rotatable bonds is 3. The molecule has 0 aromatic heterocycles. The van der Waals surface area contributed by atoms with Gasteiger partial charge in [-0.15, -0.1) is 0 Å². The monoisotopic (exact) mass is 155 g/mol. The van der Waals surface area contributed by atoms with Crippen LogP contribution >= 0.6 is 0 Å². The third kappa shape index (κ3) is 2.72. The molecule has 0 radical (unpaired) electrons. The minimum Gasteiger partial charge on any atom is -0.497 e. The second kappa shape index (κ2) is 4.34. The van der Waals surface area contributed by atoms with Crippen molar-refractivity contribution in [1.29, 1.82) is 5.26 Å². The predicted octanol–water partition coefficient (Wildman–Crippen LogP) is 0.905. The van der Waals surface area contributed by atoms with Gasteiger partial charge in [-0.1, -0.05) is 0 Å². The molecule has 0 unspecified atom stereocenters. The molecule has 0 atom stereocenters. The number of carbonyl (C=O) groups is 1. The lowest BCUT2D eigenvalue weighted by Gasteiger charge is -2.01. The van der Waals surface area contributed by atoms with Gasteiger partial charge in [0.05, 0.1) is 6.61 Å². The van der Waals surface area contributed by atoms with Crippen molar-refractivity contribution in [3.8, 4) is 6.07 Å². The van der Waals surface area contributed by atoms with Gasteiger partial charge in [0.15, 0.2) is 5.57 Å². The summed E-state index contributed by atoms with van der Waals surface area (Å²) in [6.07, 6.45) is 0. The van der Waals surface area contributed by atoms with E-state index in [1.165, 1.54) is 6.92 Å². The number of nitrogens with zero attached hydrogens (tertiary/aromatic N) is 1. The second-order valence-corrected chi connectivity index (χ2v) is 1.78. The summed E-state index contributed by atoms with van der Waals surface area (Å²) in [5.74, 6) is -1.10. The Balaban J connectivity index is 4.58. The first-order chi connectivity index (χ1) is 5.13. The summed E-state index contributed by atoms with van der Waals surface area (Å²) in [5, 5.41) is 16.7. The second-order valence-electron chi connectivity index (χ2n) is 1.78. The number of hydrogen-bond acceptors (Lipinski definition) is 3. The van der Waals surface area contributed by atoms with Gasteiger partial charge in [-0.05, 0) is 13.8 Å². The van der Waals surface area contributed by atoms with Crippen molar-refractivity contribution < 1.29 is 14.6 Å². The topological polar surface area (TPSA) is 70.3 Å². The predicted molar refractivity (Wildman–Crippen MR) is 37.6 cm³/mol. The van der Waals surface area contributed by atoms with E-state index in [1.54, 1.807) is 13.0 Å². The molecule has 4 heteroatoms. The number of carboxylic acid groups (broad SMARTS) is 1. The Kier molecular flexibility index (Phi) is 3.75. The van der Waals surface area contributed by atoms with Gasteiger partial charge in [0.25, 0.3) is 0 Å². The first kappa shape index (κ1) is 9.50. The smallest absolute Gasteiger partial charge is 0.349 e. The quantitative estimate of drug-likeness (QED) is 0.373. The number of allylic oxidation sites excluding steroid dienone is 1. The first-order valence-corrected chi connectivity index (χ1v) is 3.10. The fourth-order valence-corrected chi connectivity index (χ4v) is 0.566. The summed E-state index contributed by atoms with van der Waals surface area (Å²) in [6.45, 7) is 3.54. The van der Waals surface area contributed by atoms with Crippen LogP contribution in [0.4, 0.5) is 0 Å². The van der Waals surface area contributed by atoms with Crippen LogP contribution in [-0.2, 0) is 9.53 Å². The molecule has 1 N–H and O–H groups in total. The molecule has 0 aliphatic heterocycles. The summed E-state index contributed by atoms with van der Waals surface area (Å²) in [5.41, 5.74) is -0.341. The molecule has 0 rings (SSSR count). The molecule has 0 heterocycles. The molecule has 4 nitrogen and oxygen atoms in total. The Morgan fingerprint density at radius 2 is 2.27 bits per heavy atom. The van der Waals surface area contributed by atoms with Crippen LogP contribution in [0.3, 0.4) is 0 Å². The molecular weight excluding hydrogens is 146 g/mol. The Morgan fingerprint density at radius 3 is 2.55 bits per heavy atom. The molecule has 0 spiro atoms. The van der Waals surface area contributed by atoms with Crippen molar-refractivity contribution in [2.45, 2.75) is 13.8 Å². The molecule has 0 aliphatic carbocycles. The van der Waals surface area contributed by atoms with E-state index in [1.807, 2.05) is 0 Å². The molecule has 0 saturated carbocycles. The molecule has 0 aromatic rings. The SMILES string of the molecule is CCO/C(C)=C(/C#N)C(=O)O. The Labute approximate surface area is 64.7 Å². The minimum atomic E-state index is -1.25. The van der Waals surface area contributed by atoms with Crippen LogP contribution in [0.1, 0.15) is 13.8 Å². The van der Waals surface area contributed by atoms with Crippen molar-refractivity contribution in [3.63, 3.8) is 0 Å². The van der Waals surface area contributed by atoms with Crippen LogP contribution in [0.25, 0.3) is 0 Å². The third-order valence-corrected chi connectivity index (χ3v) is 1.04. The van der Waals surface area contributed by atoms with Crippen LogP contribution in [0.15, 0.2) is 11.3 Å². The van der Waals surface area contributed by atoms with Gasteiger partial charge in [0.2, 0.25) is 0 Å². The van der Waals surface area contributed by atoms with Gasteiger partial charge in [-0.2, -0.15) is 5.26 Å². The van der Waals surface area contributed by atoms with Crippen molar-refractivity contribution in [2.75, 3.05) is 6.61 Å². The van der Waals surface area contributed by atoms with E-state index >= 15 is 0 Å². The maximum atomic E-state index is 10.3. The highest BCUT2D eigenvalue weighted by Gasteiger charge is 2.10. The first-order valence-electron chi connectivity index (χ1n) is 3.10. The maximum absolute atomic E-state index is 10.3. The van der Waals surface area contributed by atoms with Gasteiger partial charge in [0.1, 0.15) is 11.8 Å². The van der Waals surface area contributed by atoms with Crippen LogP contribution in [0.5, 0.6) is 0 Å². The Hall–Kier alpha value is -1.50. The van der Waals surface area contributed by atoms with Crippen LogP contribution in [-0.4, -0.2) is 17.7 Å². The van der Waals surface area contributed by atoms with Crippen molar-refractivity contribution in [1.82, 2.24) is 0 Å². The molecule has 11 heavy (non-hydrogen) atoms. The summed E-state index contributed by atoms with van der Waals surface area (Å²) < 4.78 is 4.83. The minimum absolute atomic E-state index is 0.155. The van der Waals surface area contributed by atoms with Gasteiger partial charge in [-0.3, -0.25) is 0 Å². The van der Waals surface area contributed by atoms with Crippen molar-refractivity contribution in [3.05, 3.63) is 11.3 Å². The number of nitriles is 1. The van der Waals surface area contributed by atoms with Crippen molar-refractivity contribution >= 4 is 5.97 Å². The van der Waals surface area contributed by atoms with Gasteiger partial charge in [0, 0.05) is 0 Å². The van der Waals surface area contributed by atoms with E-state index in [0.29, 0.717) is 6.61 Å². The largest absolute Gasteiger partial charge is 0.497 e. The molecule has 0 aromatic carbocycles. The van der Waals surface area contributed by atoms with E-state index in [9.17, 15) is 4.79 Å². The summed E-state index contributed by atoms with van der Waals surface area (Å²) in [6, 6.07) is 1.54. The number of hydrogen-bond donors (Lipinski definition) is 1. The van der Waals surface area contributed by atoms with E-state index in [0.717, 1.165) is 0 Å². The standard InChI is InChI=1S/C7H9NO3/c1-3-11-5(2)6(4-8)7(9)10/h3H2,1-2H3,(H,9,10)/b6-5-. The maximum Gasteiger partial charge on any atom is 0.349 e. The molecule has 0 saturated heterocycles. The fourth-order valence-electron chi connectivity index (χ4n) is 0.566. The highest BCUT2D eigenvalue weighted by atomic mass is 16.5. The highest BCUT2D eigenvalue weighted by Crippen LogP contribution is 2.04. The highest BCUT2D eigenvalue weighted by molar-refractivity contribution is 5.91. The Morgan fingerprint density at radius 1 is 1.73 bits per heavy atom. The van der Waals surface area contributed by atoms with Crippen LogP contribution < -0.4 is 0 Å². The molecule has 0 fully saturated rings. The fraction of sp³-hybridized carbons (Fsp3) is 0.429. The average molecular weight is 155 g/mol. The van der Waals surface area contributed by atoms with Crippen molar-refractivity contribution in [2.24, 2.45) is 0 Å². The van der Waals surface area contributed by atoms with E-state index in [-0.39, 0.29) is 11.3 Å². The van der Waals surface area contributed by atoms with E-state index < -0.39 is 5.97 Å². The summed E-state index contributed by atoms with van der Waals surface area (Å²) in [4.78, 5) is 10.3. The van der Waals surface area contributed by atoms with Gasteiger partial charge >= 0.3 is 5.97 Å². The normalized spacial score (nSPS) is 11.4. The van der Waals surface area contributed by atoms with E-state index in [4.69, 9.17) is 15.1 Å². The molecule has 0 amide bonds. The average Bonchev–Trinajstić information content (AvgIpc) is 1.88. The molecule has 0 bridgehead atoms. The Bertz CT molecular complexity index is 224. The van der Waals surface area contributed by atoms with E-state index in [2.05, 4.69) is 0 Å². The third-order valence-electron chi connectivity index (χ3n) is 1.04. The summed E-state index contributed by atoms with van der Waals surface area (Å²) >= 11 is 0. The lowest BCUT2D eigenvalue weighted by atomic mass is 10.2. The molecular formula is C7H9NO3. The van der Waals surface area contributed by atoms with Crippen LogP contribution in [0.2, 0.25) is 0 Å². The lowest BCUT2D eigenvalue weighted by molar-refractivity contribution is -0.132. The number of carboxylic acids is 1. The zero-order valence-electron chi connectivity index (χ0n) is 6.42. The number of ether oxygens (including phenoxy) is 1. The lowest BCUT2D eigenvalue weighted by Crippen LogP contribution is -2.03. The van der Waals surface area contributed by atoms with Crippen LogP contribution in [0, 0.1) is 11.3 Å². The van der Waals surface area contributed by atoms with Gasteiger partial charge < -0.3 is 9.84 Å². The summed E-state index contributed by atoms with van der Waals surface area (Å²) in [7, 11) is 0. The zero-order chi connectivity index (χ0) is 8.85. The zero-order valence-corrected chi connectivity index (χ0v) is 6.42. The van der Waals surface area contributed by atoms with Gasteiger partial charge in [-0.25, -0.2) is 4.79 Å². The number of aliphatic carboxylic acids is 1.